The maximum absolute atomic E-state index is 5.62. The molecular formula is C13H21N3S. The molecule has 1 atom stereocenters. The van der Waals surface area contributed by atoms with Gasteiger partial charge in [0.25, 0.3) is 0 Å². The Morgan fingerprint density at radius 3 is 3.24 bits per heavy atom. The number of aromatic nitrogens is 1. The van der Waals surface area contributed by atoms with Gasteiger partial charge in [-0.2, -0.15) is 11.8 Å². The quantitative estimate of drug-likeness (QED) is 0.887. The molecule has 2 rings (SSSR count). The molecule has 1 aromatic heterocycles. The van der Waals surface area contributed by atoms with E-state index < -0.39 is 0 Å². The van der Waals surface area contributed by atoms with Gasteiger partial charge in [0, 0.05) is 43.4 Å². The summed E-state index contributed by atoms with van der Waals surface area (Å²) in [7, 11) is 0. The zero-order chi connectivity index (χ0) is 12.1. The van der Waals surface area contributed by atoms with Gasteiger partial charge in [0.2, 0.25) is 0 Å². The molecule has 0 bridgehead atoms. The summed E-state index contributed by atoms with van der Waals surface area (Å²) in [5, 5.41) is 0.805. The zero-order valence-corrected chi connectivity index (χ0v) is 11.2. The van der Waals surface area contributed by atoms with Crippen molar-refractivity contribution in [1.29, 1.82) is 0 Å². The summed E-state index contributed by atoms with van der Waals surface area (Å²) in [4.78, 5) is 6.78. The third-order valence-electron chi connectivity index (χ3n) is 3.17. The van der Waals surface area contributed by atoms with E-state index in [4.69, 9.17) is 5.73 Å². The first-order valence-electron chi connectivity index (χ1n) is 6.29. The van der Waals surface area contributed by atoms with Crippen LogP contribution in [0.4, 0.5) is 0 Å². The molecule has 0 spiro atoms. The summed E-state index contributed by atoms with van der Waals surface area (Å²) in [6.45, 7) is 6.25. The van der Waals surface area contributed by atoms with Crippen LogP contribution in [0, 0.1) is 0 Å². The van der Waals surface area contributed by atoms with Gasteiger partial charge in [-0.05, 0) is 24.1 Å². The average Bonchev–Trinajstić information content (AvgIpc) is 2.39. The smallest absolute Gasteiger partial charge is 0.0542 e. The highest BCUT2D eigenvalue weighted by Gasteiger charge is 2.18. The fourth-order valence-electron chi connectivity index (χ4n) is 2.17. The first-order valence-corrected chi connectivity index (χ1v) is 7.34. The molecule has 1 fully saturated rings. The lowest BCUT2D eigenvalue weighted by atomic mass is 10.2. The molecule has 2 heterocycles. The van der Waals surface area contributed by atoms with Crippen LogP contribution in [0.15, 0.2) is 18.3 Å². The topological polar surface area (TPSA) is 42.2 Å². The van der Waals surface area contributed by atoms with Crippen LogP contribution in [0.2, 0.25) is 0 Å². The van der Waals surface area contributed by atoms with Crippen molar-refractivity contribution >= 4 is 11.8 Å². The third kappa shape index (κ3) is 3.69. The van der Waals surface area contributed by atoms with Crippen LogP contribution in [0.25, 0.3) is 0 Å². The second-order valence-corrected chi connectivity index (χ2v) is 5.90. The van der Waals surface area contributed by atoms with Gasteiger partial charge in [0.15, 0.2) is 0 Å². The molecule has 3 nitrogen and oxygen atoms in total. The molecule has 0 saturated carbocycles. The van der Waals surface area contributed by atoms with Gasteiger partial charge >= 0.3 is 0 Å². The number of nitrogens with zero attached hydrogens (tertiary/aromatic N) is 2. The van der Waals surface area contributed by atoms with Gasteiger partial charge in [-0.25, -0.2) is 0 Å². The predicted molar refractivity (Wildman–Crippen MR) is 73.9 cm³/mol. The van der Waals surface area contributed by atoms with E-state index in [-0.39, 0.29) is 0 Å². The molecular weight excluding hydrogens is 230 g/mol. The van der Waals surface area contributed by atoms with Crippen molar-refractivity contribution in [2.75, 3.05) is 18.8 Å². The van der Waals surface area contributed by atoms with E-state index in [9.17, 15) is 0 Å². The summed E-state index contributed by atoms with van der Waals surface area (Å²) in [6, 6.07) is 4.23. The molecule has 4 heteroatoms. The summed E-state index contributed by atoms with van der Waals surface area (Å²) in [5.74, 6) is 1.26. The molecule has 0 amide bonds. The predicted octanol–water partition coefficient (Wildman–Crippen LogP) is 1.87. The summed E-state index contributed by atoms with van der Waals surface area (Å²) >= 11 is 2.11. The Kier molecular flexibility index (Phi) is 4.83. The maximum Gasteiger partial charge on any atom is 0.0542 e. The normalized spacial score (nSPS) is 21.6. The molecule has 1 aromatic rings. The van der Waals surface area contributed by atoms with Gasteiger partial charge in [0.1, 0.15) is 0 Å². The molecule has 1 unspecified atom stereocenters. The van der Waals surface area contributed by atoms with E-state index in [0.717, 1.165) is 17.5 Å². The fraction of sp³-hybridized carbons (Fsp3) is 0.615. The van der Waals surface area contributed by atoms with E-state index >= 15 is 0 Å². The Bertz CT molecular complexity index is 356. The minimum absolute atomic E-state index is 0.529. The van der Waals surface area contributed by atoms with Crippen LogP contribution in [0.1, 0.15) is 24.6 Å². The number of hydrogen-bond acceptors (Lipinski definition) is 4. The van der Waals surface area contributed by atoms with Crippen LogP contribution in [0.5, 0.6) is 0 Å². The van der Waals surface area contributed by atoms with Crippen molar-refractivity contribution in [3.05, 3.63) is 29.6 Å². The lowest BCUT2D eigenvalue weighted by Crippen LogP contribution is -2.37. The van der Waals surface area contributed by atoms with Gasteiger partial charge in [-0.15, -0.1) is 0 Å². The molecule has 1 aliphatic heterocycles. The van der Waals surface area contributed by atoms with Crippen LogP contribution in [-0.4, -0.2) is 34.0 Å². The summed E-state index contributed by atoms with van der Waals surface area (Å²) < 4.78 is 0. The van der Waals surface area contributed by atoms with Crippen molar-refractivity contribution in [3.63, 3.8) is 0 Å². The molecule has 1 saturated heterocycles. The Labute approximate surface area is 108 Å². The second kappa shape index (κ2) is 6.38. The molecule has 94 valence electrons. The lowest BCUT2D eigenvalue weighted by molar-refractivity contribution is 0.273. The van der Waals surface area contributed by atoms with E-state index in [0.29, 0.717) is 6.54 Å². The highest BCUT2D eigenvalue weighted by atomic mass is 32.2. The Morgan fingerprint density at radius 2 is 2.47 bits per heavy atom. The number of pyridine rings is 1. The van der Waals surface area contributed by atoms with Gasteiger partial charge in [-0.1, -0.05) is 6.92 Å². The molecule has 2 N–H and O–H groups in total. The Balaban J connectivity index is 1.95. The largest absolute Gasteiger partial charge is 0.325 e. The first-order chi connectivity index (χ1) is 8.31. The third-order valence-corrected chi connectivity index (χ3v) is 4.55. The van der Waals surface area contributed by atoms with Crippen LogP contribution in [-0.2, 0) is 13.1 Å². The van der Waals surface area contributed by atoms with Crippen LogP contribution >= 0.6 is 11.8 Å². The molecule has 17 heavy (non-hydrogen) atoms. The lowest BCUT2D eigenvalue weighted by Gasteiger charge is -2.31. The van der Waals surface area contributed by atoms with Gasteiger partial charge in [-0.3, -0.25) is 9.88 Å². The van der Waals surface area contributed by atoms with Crippen LogP contribution < -0.4 is 5.73 Å². The number of hydrogen-bond donors (Lipinski definition) is 1. The minimum atomic E-state index is 0.529. The van der Waals surface area contributed by atoms with E-state index in [1.54, 1.807) is 0 Å². The molecule has 1 aliphatic rings. The van der Waals surface area contributed by atoms with Crippen molar-refractivity contribution < 1.29 is 0 Å². The van der Waals surface area contributed by atoms with Crippen LogP contribution in [0.3, 0.4) is 0 Å². The van der Waals surface area contributed by atoms with Gasteiger partial charge < -0.3 is 5.73 Å². The number of nitrogens with two attached hydrogens (primary N) is 1. The van der Waals surface area contributed by atoms with E-state index in [2.05, 4.69) is 40.7 Å². The van der Waals surface area contributed by atoms with Crippen molar-refractivity contribution in [3.8, 4) is 0 Å². The van der Waals surface area contributed by atoms with Crippen molar-refractivity contribution in [2.24, 2.45) is 5.73 Å². The Morgan fingerprint density at radius 1 is 1.59 bits per heavy atom. The average molecular weight is 251 g/mol. The molecule has 0 aliphatic carbocycles. The SMILES string of the molecule is CCC1CN(Cc2ccnc(CN)c2)CCS1. The van der Waals surface area contributed by atoms with Crippen molar-refractivity contribution in [1.82, 2.24) is 9.88 Å². The van der Waals surface area contributed by atoms with Crippen molar-refractivity contribution in [2.45, 2.75) is 31.7 Å². The standard InChI is InChI=1S/C13H21N3S/c1-2-13-10-16(5-6-17-13)9-11-3-4-15-12(7-11)8-14/h3-4,7,13H,2,5-6,8-10,14H2,1H3. The second-order valence-electron chi connectivity index (χ2n) is 4.50. The highest BCUT2D eigenvalue weighted by Crippen LogP contribution is 2.22. The maximum atomic E-state index is 5.62. The summed E-state index contributed by atoms with van der Waals surface area (Å²) in [6.07, 6.45) is 3.14. The fourth-order valence-corrected chi connectivity index (χ4v) is 3.42. The number of rotatable bonds is 4. The Hall–Kier alpha value is -0.580. The van der Waals surface area contributed by atoms with E-state index in [1.165, 1.54) is 30.8 Å². The molecule has 0 radical (unpaired) electrons. The molecule has 0 aromatic carbocycles. The monoisotopic (exact) mass is 251 g/mol. The van der Waals surface area contributed by atoms with Gasteiger partial charge in [0.05, 0.1) is 5.69 Å². The highest BCUT2D eigenvalue weighted by molar-refractivity contribution is 8.00. The number of thioether (sulfide) groups is 1. The zero-order valence-electron chi connectivity index (χ0n) is 10.4. The summed E-state index contributed by atoms with van der Waals surface area (Å²) in [5.41, 5.74) is 7.94. The van der Waals surface area contributed by atoms with E-state index in [1.807, 2.05) is 6.20 Å². The minimum Gasteiger partial charge on any atom is -0.325 e. The first kappa shape index (κ1) is 12.9.